The largest absolute Gasteiger partial charge is 0.357 e. The topological polar surface area (TPSA) is 65.5 Å². The van der Waals surface area contributed by atoms with Crippen LogP contribution in [0.5, 0.6) is 0 Å². The van der Waals surface area contributed by atoms with Crippen LogP contribution in [-0.2, 0) is 11.2 Å². The molecule has 0 spiro atoms. The first-order chi connectivity index (χ1) is 10.7. The second-order valence-electron chi connectivity index (χ2n) is 5.31. The van der Waals surface area contributed by atoms with E-state index in [0.717, 1.165) is 12.8 Å². The standard InChI is InChI=1S/C16H23FN4O.HI/c1-2-18-16(20-11-15(22)21-13-7-8-13)19-10-9-12-5-3-4-6-14(12)17;/h3-6,13H,2,7-11H2,1H3,(H,21,22)(H2,18,19,20);1H. The monoisotopic (exact) mass is 434 g/mol. The quantitative estimate of drug-likeness (QED) is 0.349. The second-order valence-corrected chi connectivity index (χ2v) is 5.31. The van der Waals surface area contributed by atoms with E-state index in [0.29, 0.717) is 37.1 Å². The highest BCUT2D eigenvalue weighted by atomic mass is 127. The maximum atomic E-state index is 13.5. The summed E-state index contributed by atoms with van der Waals surface area (Å²) in [5.41, 5.74) is 0.664. The van der Waals surface area contributed by atoms with Crippen molar-refractivity contribution in [1.29, 1.82) is 0 Å². The Labute approximate surface area is 153 Å². The van der Waals surface area contributed by atoms with E-state index in [1.54, 1.807) is 12.1 Å². The van der Waals surface area contributed by atoms with E-state index in [9.17, 15) is 9.18 Å². The average molecular weight is 434 g/mol. The molecule has 5 nitrogen and oxygen atoms in total. The van der Waals surface area contributed by atoms with Crippen molar-refractivity contribution in [2.45, 2.75) is 32.2 Å². The van der Waals surface area contributed by atoms with Gasteiger partial charge in [0, 0.05) is 19.1 Å². The first kappa shape index (κ1) is 19.7. The molecule has 2 rings (SSSR count). The molecule has 0 radical (unpaired) electrons. The maximum Gasteiger partial charge on any atom is 0.242 e. The van der Waals surface area contributed by atoms with Gasteiger partial charge in [-0.25, -0.2) is 9.38 Å². The SMILES string of the molecule is CCNC(=NCC(=O)NC1CC1)NCCc1ccccc1F.I. The summed E-state index contributed by atoms with van der Waals surface area (Å²) in [7, 11) is 0. The molecule has 0 aromatic heterocycles. The third kappa shape index (κ3) is 7.62. The second kappa shape index (κ2) is 10.4. The number of carbonyl (C=O) groups is 1. The molecular formula is C16H24FIN4O. The van der Waals surface area contributed by atoms with Crippen molar-refractivity contribution < 1.29 is 9.18 Å². The van der Waals surface area contributed by atoms with Gasteiger partial charge in [-0.05, 0) is 37.8 Å². The van der Waals surface area contributed by atoms with E-state index < -0.39 is 0 Å². The van der Waals surface area contributed by atoms with E-state index in [4.69, 9.17) is 0 Å². The Morgan fingerprint density at radius 1 is 1.30 bits per heavy atom. The van der Waals surface area contributed by atoms with Gasteiger partial charge in [0.05, 0.1) is 0 Å². The third-order valence-electron chi connectivity index (χ3n) is 3.31. The summed E-state index contributed by atoms with van der Waals surface area (Å²) in [5.74, 6) is 0.314. The number of hydrogen-bond acceptors (Lipinski definition) is 2. The van der Waals surface area contributed by atoms with Gasteiger partial charge in [0.15, 0.2) is 5.96 Å². The number of nitrogens with zero attached hydrogens (tertiary/aromatic N) is 1. The maximum absolute atomic E-state index is 13.5. The van der Waals surface area contributed by atoms with E-state index in [2.05, 4.69) is 20.9 Å². The first-order valence-electron chi connectivity index (χ1n) is 7.74. The number of guanidine groups is 1. The van der Waals surface area contributed by atoms with Gasteiger partial charge in [0.25, 0.3) is 0 Å². The van der Waals surface area contributed by atoms with Gasteiger partial charge in [-0.1, -0.05) is 18.2 Å². The number of carbonyl (C=O) groups excluding carboxylic acids is 1. The Kier molecular flexibility index (Phi) is 8.90. The molecule has 0 unspecified atom stereocenters. The fraction of sp³-hybridized carbons (Fsp3) is 0.500. The molecule has 7 heteroatoms. The molecule has 1 aliphatic rings. The number of rotatable bonds is 7. The summed E-state index contributed by atoms with van der Waals surface area (Å²) < 4.78 is 13.5. The van der Waals surface area contributed by atoms with Crippen LogP contribution >= 0.6 is 24.0 Å². The molecular weight excluding hydrogens is 410 g/mol. The summed E-state index contributed by atoms with van der Waals surface area (Å²) in [6.07, 6.45) is 2.69. The van der Waals surface area contributed by atoms with E-state index in [-0.39, 0.29) is 42.2 Å². The van der Waals surface area contributed by atoms with Crippen molar-refractivity contribution >= 4 is 35.8 Å². The first-order valence-corrected chi connectivity index (χ1v) is 7.74. The Balaban J connectivity index is 0.00000264. The number of nitrogens with one attached hydrogen (secondary N) is 3. The lowest BCUT2D eigenvalue weighted by Gasteiger charge is -2.11. The molecule has 0 aliphatic heterocycles. The fourth-order valence-electron chi connectivity index (χ4n) is 2.01. The number of hydrogen-bond donors (Lipinski definition) is 3. The Morgan fingerprint density at radius 2 is 2.04 bits per heavy atom. The van der Waals surface area contributed by atoms with Crippen LogP contribution in [0.4, 0.5) is 4.39 Å². The van der Waals surface area contributed by atoms with E-state index >= 15 is 0 Å². The van der Waals surface area contributed by atoms with Gasteiger partial charge in [-0.3, -0.25) is 4.79 Å². The summed E-state index contributed by atoms with van der Waals surface area (Å²) in [6.45, 7) is 3.32. The minimum Gasteiger partial charge on any atom is -0.357 e. The predicted molar refractivity (Wildman–Crippen MR) is 101 cm³/mol. The van der Waals surface area contributed by atoms with Crippen LogP contribution < -0.4 is 16.0 Å². The highest BCUT2D eigenvalue weighted by Gasteiger charge is 2.22. The summed E-state index contributed by atoms with van der Waals surface area (Å²) in [6, 6.07) is 7.07. The van der Waals surface area contributed by atoms with Crippen LogP contribution in [0.25, 0.3) is 0 Å². The van der Waals surface area contributed by atoms with Crippen molar-refractivity contribution in [1.82, 2.24) is 16.0 Å². The third-order valence-corrected chi connectivity index (χ3v) is 3.31. The molecule has 128 valence electrons. The number of aliphatic imine (C=N–C) groups is 1. The molecule has 0 bridgehead atoms. The van der Waals surface area contributed by atoms with Gasteiger partial charge in [-0.2, -0.15) is 0 Å². The lowest BCUT2D eigenvalue weighted by molar-refractivity contribution is -0.119. The zero-order valence-electron chi connectivity index (χ0n) is 13.3. The highest BCUT2D eigenvalue weighted by Crippen LogP contribution is 2.18. The lowest BCUT2D eigenvalue weighted by Crippen LogP contribution is -2.39. The van der Waals surface area contributed by atoms with Crippen LogP contribution in [0.3, 0.4) is 0 Å². The van der Waals surface area contributed by atoms with Gasteiger partial charge < -0.3 is 16.0 Å². The highest BCUT2D eigenvalue weighted by molar-refractivity contribution is 14.0. The number of benzene rings is 1. The van der Waals surface area contributed by atoms with Gasteiger partial charge >= 0.3 is 0 Å². The van der Waals surface area contributed by atoms with Crippen LogP contribution in [-0.4, -0.2) is 37.5 Å². The summed E-state index contributed by atoms with van der Waals surface area (Å²) >= 11 is 0. The van der Waals surface area contributed by atoms with Crippen molar-refractivity contribution in [3.63, 3.8) is 0 Å². The van der Waals surface area contributed by atoms with Crippen molar-refractivity contribution in [3.05, 3.63) is 35.6 Å². The molecule has 23 heavy (non-hydrogen) atoms. The van der Waals surface area contributed by atoms with Crippen LogP contribution in [0, 0.1) is 5.82 Å². The van der Waals surface area contributed by atoms with Crippen molar-refractivity contribution in [2.75, 3.05) is 19.6 Å². The van der Waals surface area contributed by atoms with Crippen molar-refractivity contribution in [2.24, 2.45) is 4.99 Å². The molecule has 1 fully saturated rings. The molecule has 1 saturated carbocycles. The summed E-state index contributed by atoms with van der Waals surface area (Å²) in [5, 5.41) is 9.08. The number of halogens is 2. The zero-order chi connectivity index (χ0) is 15.8. The molecule has 1 aromatic carbocycles. The average Bonchev–Trinajstić information content (AvgIpc) is 3.30. The fourth-order valence-corrected chi connectivity index (χ4v) is 2.01. The molecule has 1 amide bonds. The van der Waals surface area contributed by atoms with E-state index in [1.165, 1.54) is 6.07 Å². The zero-order valence-corrected chi connectivity index (χ0v) is 15.6. The van der Waals surface area contributed by atoms with Crippen LogP contribution in [0.1, 0.15) is 25.3 Å². The normalized spacial score (nSPS) is 13.9. The van der Waals surface area contributed by atoms with E-state index in [1.807, 2.05) is 13.0 Å². The predicted octanol–water partition coefficient (Wildman–Crippen LogP) is 1.82. The Hall–Kier alpha value is -1.38. The lowest BCUT2D eigenvalue weighted by atomic mass is 10.1. The van der Waals surface area contributed by atoms with Crippen LogP contribution in [0.2, 0.25) is 0 Å². The Bertz CT molecular complexity index is 535. The van der Waals surface area contributed by atoms with Crippen LogP contribution in [0.15, 0.2) is 29.3 Å². The molecule has 3 N–H and O–H groups in total. The minimum atomic E-state index is -0.199. The molecule has 0 saturated heterocycles. The molecule has 1 aromatic rings. The minimum absolute atomic E-state index is 0. The molecule has 0 heterocycles. The number of amides is 1. The van der Waals surface area contributed by atoms with Crippen molar-refractivity contribution in [3.8, 4) is 0 Å². The molecule has 0 atom stereocenters. The smallest absolute Gasteiger partial charge is 0.242 e. The molecule has 1 aliphatic carbocycles. The van der Waals surface area contributed by atoms with Gasteiger partial charge in [0.2, 0.25) is 5.91 Å². The Morgan fingerprint density at radius 3 is 2.70 bits per heavy atom. The summed E-state index contributed by atoms with van der Waals surface area (Å²) in [4.78, 5) is 15.9. The van der Waals surface area contributed by atoms with Gasteiger partial charge in [0.1, 0.15) is 12.4 Å². The van der Waals surface area contributed by atoms with Gasteiger partial charge in [-0.15, -0.1) is 24.0 Å².